The van der Waals surface area contributed by atoms with Crippen molar-refractivity contribution in [3.63, 3.8) is 0 Å². The Kier molecular flexibility index (Phi) is 5.31. The van der Waals surface area contributed by atoms with Crippen LogP contribution >= 0.6 is 11.8 Å². The molecule has 0 amide bonds. The highest BCUT2D eigenvalue weighted by Crippen LogP contribution is 2.06. The fourth-order valence-corrected chi connectivity index (χ4v) is 2.12. The number of hydrogen-bond donors (Lipinski definition) is 0. The minimum absolute atomic E-state index is 0.0812. The second-order valence-corrected chi connectivity index (χ2v) is 4.66. The molecule has 1 saturated heterocycles. The van der Waals surface area contributed by atoms with Crippen LogP contribution < -0.4 is 0 Å². The minimum atomic E-state index is 0.0812. The normalized spacial score (nSPS) is 21.8. The lowest BCUT2D eigenvalue weighted by Crippen LogP contribution is -2.49. The predicted octanol–water partition coefficient (Wildman–Crippen LogP) is 0.879. The van der Waals surface area contributed by atoms with E-state index in [1.54, 1.807) is 0 Å². The van der Waals surface area contributed by atoms with E-state index >= 15 is 0 Å². The van der Waals surface area contributed by atoms with Crippen LogP contribution in [0.2, 0.25) is 0 Å². The van der Waals surface area contributed by atoms with Crippen molar-refractivity contribution in [2.24, 2.45) is 0 Å². The van der Waals surface area contributed by atoms with E-state index in [9.17, 15) is 0 Å². The van der Waals surface area contributed by atoms with Crippen molar-refractivity contribution in [1.29, 1.82) is 5.26 Å². The molecule has 0 aromatic carbocycles. The van der Waals surface area contributed by atoms with Crippen molar-refractivity contribution >= 4 is 11.8 Å². The lowest BCUT2D eigenvalue weighted by Gasteiger charge is -2.35. The van der Waals surface area contributed by atoms with Crippen LogP contribution in [0.3, 0.4) is 0 Å². The van der Waals surface area contributed by atoms with E-state index in [0.29, 0.717) is 0 Å². The molecule has 0 aromatic rings. The van der Waals surface area contributed by atoms with Crippen LogP contribution in [0.25, 0.3) is 0 Å². The molecule has 0 N–H and O–H groups in total. The van der Waals surface area contributed by atoms with E-state index in [1.165, 1.54) is 12.3 Å². The van der Waals surface area contributed by atoms with Gasteiger partial charge in [-0.2, -0.15) is 17.0 Å². The predicted molar refractivity (Wildman–Crippen MR) is 61.5 cm³/mol. The highest BCUT2D eigenvalue weighted by atomic mass is 32.2. The van der Waals surface area contributed by atoms with Gasteiger partial charge in [-0.1, -0.05) is 0 Å². The summed E-state index contributed by atoms with van der Waals surface area (Å²) in [7, 11) is 0. The highest BCUT2D eigenvalue weighted by molar-refractivity contribution is 7.98. The Morgan fingerprint density at radius 2 is 2.00 bits per heavy atom. The summed E-state index contributed by atoms with van der Waals surface area (Å²) in [4.78, 5) is 4.74. The maximum atomic E-state index is 8.79. The van der Waals surface area contributed by atoms with Gasteiger partial charge in [0.15, 0.2) is 0 Å². The third-order valence-electron chi connectivity index (χ3n) is 2.75. The molecule has 1 atom stereocenters. The molecular weight excluding hydrogens is 194 g/mol. The van der Waals surface area contributed by atoms with Crippen LogP contribution in [0, 0.1) is 11.3 Å². The van der Waals surface area contributed by atoms with Gasteiger partial charge in [-0.15, -0.1) is 0 Å². The molecule has 0 saturated carbocycles. The number of piperazine rings is 1. The van der Waals surface area contributed by atoms with Crippen LogP contribution in [0.1, 0.15) is 6.92 Å². The minimum Gasteiger partial charge on any atom is -0.300 e. The van der Waals surface area contributed by atoms with E-state index in [4.69, 9.17) is 5.26 Å². The molecule has 0 aliphatic carbocycles. The van der Waals surface area contributed by atoms with E-state index in [0.717, 1.165) is 26.2 Å². The average molecular weight is 213 g/mol. The van der Waals surface area contributed by atoms with Gasteiger partial charge in [-0.25, -0.2) is 0 Å². The van der Waals surface area contributed by atoms with Crippen LogP contribution in [0.15, 0.2) is 0 Å². The first kappa shape index (κ1) is 11.8. The van der Waals surface area contributed by atoms with Crippen molar-refractivity contribution in [3.8, 4) is 6.07 Å². The monoisotopic (exact) mass is 213 g/mol. The molecule has 1 heterocycles. The van der Waals surface area contributed by atoms with Gasteiger partial charge in [0.25, 0.3) is 0 Å². The zero-order valence-electron chi connectivity index (χ0n) is 9.07. The van der Waals surface area contributed by atoms with Crippen LogP contribution in [-0.4, -0.2) is 60.6 Å². The molecule has 1 fully saturated rings. The first-order valence-electron chi connectivity index (χ1n) is 5.13. The molecule has 1 aliphatic heterocycles. The Morgan fingerprint density at radius 1 is 1.36 bits per heavy atom. The molecule has 0 aromatic heterocycles. The Labute approximate surface area is 91.1 Å². The molecule has 1 aliphatic rings. The van der Waals surface area contributed by atoms with Gasteiger partial charge in [0.1, 0.15) is 0 Å². The molecule has 1 rings (SSSR count). The van der Waals surface area contributed by atoms with Crippen LogP contribution in [0.4, 0.5) is 0 Å². The highest BCUT2D eigenvalue weighted by Gasteiger charge is 2.19. The van der Waals surface area contributed by atoms with Crippen molar-refractivity contribution in [2.45, 2.75) is 13.0 Å². The van der Waals surface area contributed by atoms with E-state index in [1.807, 2.05) is 18.7 Å². The molecule has 0 radical (unpaired) electrons. The average Bonchev–Trinajstić information content (AvgIpc) is 2.26. The summed E-state index contributed by atoms with van der Waals surface area (Å²) in [5.74, 6) is 1.22. The molecule has 3 nitrogen and oxygen atoms in total. The van der Waals surface area contributed by atoms with Crippen LogP contribution in [0.5, 0.6) is 0 Å². The summed E-state index contributed by atoms with van der Waals surface area (Å²) in [5.41, 5.74) is 0. The van der Waals surface area contributed by atoms with E-state index in [-0.39, 0.29) is 6.04 Å². The maximum Gasteiger partial charge on any atom is 0.0950 e. The molecule has 0 bridgehead atoms. The zero-order chi connectivity index (χ0) is 10.4. The standard InChI is InChI=1S/C10H19N3S/c1-10(9-11)13-5-3-12(4-6-13)7-8-14-2/h10H,3-8H2,1-2H3. The van der Waals surface area contributed by atoms with Crippen molar-refractivity contribution in [1.82, 2.24) is 9.80 Å². The molecular formula is C10H19N3S. The van der Waals surface area contributed by atoms with Crippen molar-refractivity contribution in [2.75, 3.05) is 44.7 Å². The summed E-state index contributed by atoms with van der Waals surface area (Å²) in [6.45, 7) is 7.50. The second kappa shape index (κ2) is 6.28. The Morgan fingerprint density at radius 3 is 2.50 bits per heavy atom. The first-order chi connectivity index (χ1) is 6.77. The van der Waals surface area contributed by atoms with Gasteiger partial charge < -0.3 is 0 Å². The quantitative estimate of drug-likeness (QED) is 0.693. The summed E-state index contributed by atoms with van der Waals surface area (Å²) in [6, 6.07) is 2.38. The lowest BCUT2D eigenvalue weighted by molar-refractivity contribution is 0.124. The van der Waals surface area contributed by atoms with Gasteiger partial charge in [0, 0.05) is 38.5 Å². The van der Waals surface area contributed by atoms with Gasteiger partial charge in [0.2, 0.25) is 0 Å². The summed E-state index contributed by atoms with van der Waals surface area (Å²) in [6.07, 6.45) is 2.15. The first-order valence-corrected chi connectivity index (χ1v) is 6.52. The van der Waals surface area contributed by atoms with Crippen molar-refractivity contribution in [3.05, 3.63) is 0 Å². The number of hydrogen-bond acceptors (Lipinski definition) is 4. The van der Waals surface area contributed by atoms with E-state index < -0.39 is 0 Å². The largest absolute Gasteiger partial charge is 0.300 e. The summed E-state index contributed by atoms with van der Waals surface area (Å²) in [5, 5.41) is 8.79. The van der Waals surface area contributed by atoms with Gasteiger partial charge in [-0.05, 0) is 13.2 Å². The Bertz CT molecular complexity index is 194. The third kappa shape index (κ3) is 3.49. The molecule has 14 heavy (non-hydrogen) atoms. The number of nitriles is 1. The topological polar surface area (TPSA) is 30.3 Å². The summed E-state index contributed by atoms with van der Waals surface area (Å²) >= 11 is 1.90. The van der Waals surface area contributed by atoms with E-state index in [2.05, 4.69) is 22.1 Å². The fraction of sp³-hybridized carbons (Fsp3) is 0.900. The second-order valence-electron chi connectivity index (χ2n) is 3.68. The number of rotatable bonds is 4. The smallest absolute Gasteiger partial charge is 0.0950 e. The fourth-order valence-electron chi connectivity index (χ4n) is 1.68. The number of thioether (sulfide) groups is 1. The van der Waals surface area contributed by atoms with Crippen LogP contribution in [-0.2, 0) is 0 Å². The van der Waals surface area contributed by atoms with Gasteiger partial charge in [-0.3, -0.25) is 9.80 Å². The Hall–Kier alpha value is -0.240. The third-order valence-corrected chi connectivity index (χ3v) is 3.34. The molecule has 80 valence electrons. The molecule has 0 spiro atoms. The SMILES string of the molecule is CSCCN1CCN(C(C)C#N)CC1. The summed E-state index contributed by atoms with van der Waals surface area (Å²) < 4.78 is 0. The maximum absolute atomic E-state index is 8.79. The van der Waals surface area contributed by atoms with Crippen molar-refractivity contribution < 1.29 is 0 Å². The van der Waals surface area contributed by atoms with Gasteiger partial charge >= 0.3 is 0 Å². The Balaban J connectivity index is 2.21. The van der Waals surface area contributed by atoms with Gasteiger partial charge in [0.05, 0.1) is 12.1 Å². The molecule has 4 heteroatoms. The number of nitrogens with zero attached hydrogens (tertiary/aromatic N) is 3. The molecule has 1 unspecified atom stereocenters. The zero-order valence-corrected chi connectivity index (χ0v) is 9.89. The lowest BCUT2D eigenvalue weighted by atomic mass is 10.2.